The van der Waals surface area contributed by atoms with E-state index >= 15 is 0 Å². The van der Waals surface area contributed by atoms with Crippen molar-refractivity contribution in [3.8, 4) is 22.9 Å². The molecule has 6 fully saturated rings. The number of amides is 1. The van der Waals surface area contributed by atoms with Crippen LogP contribution in [0.3, 0.4) is 0 Å². The van der Waals surface area contributed by atoms with Crippen molar-refractivity contribution in [3.05, 3.63) is 42.4 Å². The molecule has 1 amide bonds. The van der Waals surface area contributed by atoms with Gasteiger partial charge < -0.3 is 24.7 Å². The van der Waals surface area contributed by atoms with E-state index in [-0.39, 0.29) is 30.0 Å². The van der Waals surface area contributed by atoms with Crippen LogP contribution in [-0.2, 0) is 4.79 Å². The number of ether oxygens (including phenoxy) is 1. The van der Waals surface area contributed by atoms with E-state index in [2.05, 4.69) is 25.9 Å². The average molecular weight is 570 g/mol. The molecule has 11 heteroatoms. The van der Waals surface area contributed by atoms with Crippen LogP contribution < -0.4 is 9.64 Å². The number of piperidine rings is 2. The van der Waals surface area contributed by atoms with Crippen LogP contribution in [0.25, 0.3) is 16.6 Å². The third-order valence-corrected chi connectivity index (χ3v) is 10.1. The SMILES string of the molecule is N#Cc1cnn2cc(OCCN3CC4CC4(O)C3)cc(-c3ccc(N4CC5CC(C4)N5C(=O)C4CC[C@@H](O)C4)nc3)c12. The van der Waals surface area contributed by atoms with Crippen molar-refractivity contribution in [2.24, 2.45) is 11.8 Å². The lowest BCUT2D eigenvalue weighted by atomic mass is 9.85. The molecule has 2 N–H and O–H groups in total. The number of fused-ring (bicyclic) bond motifs is 4. The first kappa shape index (κ1) is 25.9. The largest absolute Gasteiger partial charge is 0.491 e. The summed E-state index contributed by atoms with van der Waals surface area (Å²) in [6.07, 6.45) is 8.92. The topological polar surface area (TPSA) is 130 Å². The van der Waals surface area contributed by atoms with Crippen LogP contribution in [0.15, 0.2) is 36.8 Å². The quantitative estimate of drug-likeness (QED) is 0.436. The highest BCUT2D eigenvalue weighted by Crippen LogP contribution is 2.49. The molecule has 7 heterocycles. The fourth-order valence-electron chi connectivity index (χ4n) is 7.78. The zero-order chi connectivity index (χ0) is 28.6. The van der Waals surface area contributed by atoms with Gasteiger partial charge in [-0.15, -0.1) is 0 Å². The molecule has 6 aliphatic rings. The highest BCUT2D eigenvalue weighted by atomic mass is 16.5. The summed E-state index contributed by atoms with van der Waals surface area (Å²) in [6, 6.07) is 8.63. The summed E-state index contributed by atoms with van der Waals surface area (Å²) in [5, 5.41) is 34.3. The Bertz CT molecular complexity index is 1570. The second kappa shape index (κ2) is 9.66. The Morgan fingerprint density at radius 1 is 1.17 bits per heavy atom. The Morgan fingerprint density at radius 2 is 2.02 bits per heavy atom. The van der Waals surface area contributed by atoms with Crippen LogP contribution in [-0.4, -0.2) is 104 Å². The smallest absolute Gasteiger partial charge is 0.226 e. The van der Waals surface area contributed by atoms with Crippen LogP contribution in [0.2, 0.25) is 0 Å². The monoisotopic (exact) mass is 569 g/mol. The van der Waals surface area contributed by atoms with E-state index in [1.165, 1.54) is 0 Å². The van der Waals surface area contributed by atoms with Crippen LogP contribution in [0.4, 0.5) is 5.82 Å². The normalized spacial score (nSPS) is 31.6. The Kier molecular flexibility index (Phi) is 5.97. The molecule has 9 rings (SSSR count). The molecule has 4 aliphatic heterocycles. The zero-order valence-corrected chi connectivity index (χ0v) is 23.5. The molecule has 42 heavy (non-hydrogen) atoms. The van der Waals surface area contributed by atoms with Gasteiger partial charge in [0.05, 0.1) is 47.3 Å². The van der Waals surface area contributed by atoms with Gasteiger partial charge in [-0.3, -0.25) is 9.69 Å². The number of nitrogens with zero attached hydrogens (tertiary/aromatic N) is 7. The fourth-order valence-corrected chi connectivity index (χ4v) is 7.78. The first-order chi connectivity index (χ1) is 20.4. The maximum Gasteiger partial charge on any atom is 0.226 e. The fraction of sp³-hybridized carbons (Fsp3) is 0.548. The van der Waals surface area contributed by atoms with Gasteiger partial charge in [0.2, 0.25) is 5.91 Å². The molecule has 2 bridgehead atoms. The number of piperazine rings is 1. The number of anilines is 1. The summed E-state index contributed by atoms with van der Waals surface area (Å²) in [4.78, 5) is 24.5. The third kappa shape index (κ3) is 4.32. The summed E-state index contributed by atoms with van der Waals surface area (Å²) in [5.41, 5.74) is 2.42. The molecule has 0 aromatic carbocycles. The minimum atomic E-state index is -0.473. The van der Waals surface area contributed by atoms with Gasteiger partial charge in [0.15, 0.2) is 0 Å². The summed E-state index contributed by atoms with van der Waals surface area (Å²) >= 11 is 0. The van der Waals surface area contributed by atoms with E-state index in [0.717, 1.165) is 68.8 Å². The van der Waals surface area contributed by atoms with Gasteiger partial charge in [0.25, 0.3) is 0 Å². The molecule has 4 saturated heterocycles. The number of carbonyl (C=O) groups is 1. The Labute approximate surface area is 243 Å². The van der Waals surface area contributed by atoms with Crippen molar-refractivity contribution in [3.63, 3.8) is 0 Å². The average Bonchev–Trinajstić information content (AvgIpc) is 3.36. The van der Waals surface area contributed by atoms with Crippen LogP contribution in [0, 0.1) is 23.2 Å². The highest BCUT2D eigenvalue weighted by molar-refractivity contribution is 5.85. The number of carbonyl (C=O) groups excluding carboxylic acids is 1. The number of aliphatic hydroxyl groups is 2. The van der Waals surface area contributed by atoms with E-state index in [1.807, 2.05) is 24.4 Å². The second-order valence-electron chi connectivity index (χ2n) is 12.9. The number of nitriles is 1. The van der Waals surface area contributed by atoms with Crippen molar-refractivity contribution < 1.29 is 19.7 Å². The molecule has 3 aromatic rings. The lowest BCUT2D eigenvalue weighted by molar-refractivity contribution is -0.150. The lowest BCUT2D eigenvalue weighted by Crippen LogP contribution is -2.71. The predicted molar refractivity (Wildman–Crippen MR) is 153 cm³/mol. The number of aliphatic hydroxyl groups excluding tert-OH is 1. The van der Waals surface area contributed by atoms with Crippen molar-refractivity contribution in [1.82, 2.24) is 24.4 Å². The van der Waals surface area contributed by atoms with Crippen molar-refractivity contribution in [2.45, 2.75) is 55.9 Å². The first-order valence-electron chi connectivity index (χ1n) is 15.1. The van der Waals surface area contributed by atoms with Crippen molar-refractivity contribution >= 4 is 17.2 Å². The van der Waals surface area contributed by atoms with E-state index in [1.54, 1.807) is 16.9 Å². The number of hydrogen-bond acceptors (Lipinski definition) is 9. The minimum Gasteiger partial charge on any atom is -0.491 e. The predicted octanol–water partition coefficient (Wildman–Crippen LogP) is 1.66. The Hall–Kier alpha value is -3.72. The molecular formula is C31H35N7O4. The lowest BCUT2D eigenvalue weighted by Gasteiger charge is -2.57. The minimum absolute atomic E-state index is 0.0360. The van der Waals surface area contributed by atoms with Gasteiger partial charge in [-0.1, -0.05) is 0 Å². The van der Waals surface area contributed by atoms with E-state index in [4.69, 9.17) is 9.72 Å². The molecule has 2 saturated carbocycles. The molecule has 5 unspecified atom stereocenters. The van der Waals surface area contributed by atoms with Gasteiger partial charge in [-0.2, -0.15) is 10.4 Å². The summed E-state index contributed by atoms with van der Waals surface area (Å²) < 4.78 is 7.82. The van der Waals surface area contributed by atoms with E-state index < -0.39 is 5.60 Å². The molecule has 0 spiro atoms. The molecule has 218 valence electrons. The number of rotatable bonds is 7. The van der Waals surface area contributed by atoms with Crippen LogP contribution in [0.5, 0.6) is 5.75 Å². The molecule has 6 atom stereocenters. The second-order valence-corrected chi connectivity index (χ2v) is 12.9. The highest BCUT2D eigenvalue weighted by Gasteiger charge is 2.58. The first-order valence-corrected chi connectivity index (χ1v) is 15.1. The summed E-state index contributed by atoms with van der Waals surface area (Å²) in [7, 11) is 0. The Balaban J connectivity index is 0.971. The maximum atomic E-state index is 13.1. The Morgan fingerprint density at radius 3 is 2.71 bits per heavy atom. The van der Waals surface area contributed by atoms with Gasteiger partial charge in [0, 0.05) is 61.9 Å². The molecular weight excluding hydrogens is 534 g/mol. The van der Waals surface area contributed by atoms with Crippen LogP contribution >= 0.6 is 0 Å². The van der Waals surface area contributed by atoms with Gasteiger partial charge in [-0.25, -0.2) is 9.50 Å². The number of aromatic nitrogens is 3. The molecule has 2 aliphatic carbocycles. The summed E-state index contributed by atoms with van der Waals surface area (Å²) in [5.74, 6) is 2.12. The number of β-amino-alcohol motifs (C(OH)–C–C–N with tert-alkyl or cyclic N) is 1. The van der Waals surface area contributed by atoms with E-state index in [9.17, 15) is 20.3 Å². The number of hydrogen-bond donors (Lipinski definition) is 2. The van der Waals surface area contributed by atoms with Crippen molar-refractivity contribution in [1.29, 1.82) is 5.26 Å². The summed E-state index contributed by atoms with van der Waals surface area (Å²) in [6.45, 7) is 4.39. The number of pyridine rings is 2. The molecule has 3 aromatic heterocycles. The van der Waals surface area contributed by atoms with E-state index in [0.29, 0.717) is 42.3 Å². The standard InChI is InChI=1S/C31H35N7O4/c32-11-21-13-34-37-17-26(42-6-5-35-14-22-10-31(22,41)18-35)9-27(29(21)37)20-2-4-28(33-12-20)36-15-23-8-24(16-36)38(23)30(40)19-1-3-25(39)7-19/h2,4,9,12-13,17,19,22-25,39,41H,1,3,5-8,10,14-16,18H2/t19?,22?,23?,24?,25-,31?/m1/s1. The van der Waals surface area contributed by atoms with Gasteiger partial charge in [-0.05, 0) is 50.3 Å². The zero-order valence-electron chi connectivity index (χ0n) is 23.5. The third-order valence-electron chi connectivity index (χ3n) is 10.1. The van der Waals surface area contributed by atoms with Crippen molar-refractivity contribution in [2.75, 3.05) is 44.2 Å². The molecule has 11 nitrogen and oxygen atoms in total. The van der Waals surface area contributed by atoms with Gasteiger partial charge in [0.1, 0.15) is 24.2 Å². The van der Waals surface area contributed by atoms with Crippen LogP contribution in [0.1, 0.15) is 37.7 Å². The molecule has 0 radical (unpaired) electrons. The number of likely N-dealkylation sites (tertiary alicyclic amines) is 1. The van der Waals surface area contributed by atoms with Gasteiger partial charge >= 0.3 is 0 Å². The maximum absolute atomic E-state index is 13.1.